The first-order valence-corrected chi connectivity index (χ1v) is 6.08. The van der Waals surface area contributed by atoms with E-state index in [0.29, 0.717) is 10.6 Å². The largest absolute Gasteiger partial charge is 0.294 e. The van der Waals surface area contributed by atoms with Crippen LogP contribution in [-0.2, 0) is 6.42 Å². The highest BCUT2D eigenvalue weighted by Gasteiger charge is 2.14. The van der Waals surface area contributed by atoms with E-state index in [-0.39, 0.29) is 12.0 Å². The molecular formula is C15H11ClF2O. The van der Waals surface area contributed by atoms with Crippen LogP contribution in [0.25, 0.3) is 0 Å². The van der Waals surface area contributed by atoms with Crippen molar-refractivity contribution in [3.8, 4) is 0 Å². The number of benzene rings is 2. The van der Waals surface area contributed by atoms with Gasteiger partial charge in [-0.25, -0.2) is 8.78 Å². The van der Waals surface area contributed by atoms with Crippen LogP contribution in [0.5, 0.6) is 0 Å². The Hall–Kier alpha value is -1.74. The summed E-state index contributed by atoms with van der Waals surface area (Å²) in [5.74, 6) is -1.86. The van der Waals surface area contributed by atoms with Crippen molar-refractivity contribution in [2.45, 2.75) is 13.3 Å². The zero-order valence-electron chi connectivity index (χ0n) is 10.2. The molecule has 2 aromatic rings. The third kappa shape index (κ3) is 3.18. The van der Waals surface area contributed by atoms with Crippen LogP contribution < -0.4 is 0 Å². The molecule has 98 valence electrons. The lowest BCUT2D eigenvalue weighted by atomic mass is 10.0. The quantitative estimate of drug-likeness (QED) is 0.764. The van der Waals surface area contributed by atoms with Crippen molar-refractivity contribution in [1.82, 2.24) is 0 Å². The monoisotopic (exact) mass is 280 g/mol. The molecular weight excluding hydrogens is 270 g/mol. The number of Topliss-reactive ketones (excluding diaryl/α,β-unsaturated/α-hetero) is 1. The maximum atomic E-state index is 13.5. The van der Waals surface area contributed by atoms with Crippen molar-refractivity contribution in [3.63, 3.8) is 0 Å². The van der Waals surface area contributed by atoms with Crippen LogP contribution >= 0.6 is 11.6 Å². The molecule has 0 bridgehead atoms. The van der Waals surface area contributed by atoms with E-state index < -0.39 is 17.4 Å². The highest BCUT2D eigenvalue weighted by molar-refractivity contribution is 6.31. The Bertz CT molecular complexity index is 638. The van der Waals surface area contributed by atoms with Gasteiger partial charge in [-0.15, -0.1) is 0 Å². The van der Waals surface area contributed by atoms with E-state index in [2.05, 4.69) is 0 Å². The Morgan fingerprint density at radius 1 is 1.16 bits per heavy atom. The van der Waals surface area contributed by atoms with Gasteiger partial charge in [0.05, 0.1) is 5.56 Å². The third-order valence-corrected chi connectivity index (χ3v) is 3.14. The van der Waals surface area contributed by atoms with E-state index >= 15 is 0 Å². The van der Waals surface area contributed by atoms with Gasteiger partial charge in [0.25, 0.3) is 0 Å². The summed E-state index contributed by atoms with van der Waals surface area (Å²) in [7, 11) is 0. The predicted molar refractivity (Wildman–Crippen MR) is 70.6 cm³/mol. The van der Waals surface area contributed by atoms with Crippen LogP contribution in [0.4, 0.5) is 8.78 Å². The van der Waals surface area contributed by atoms with Gasteiger partial charge in [0.1, 0.15) is 11.6 Å². The van der Waals surface area contributed by atoms with Crippen LogP contribution in [-0.4, -0.2) is 5.78 Å². The van der Waals surface area contributed by atoms with Crippen LogP contribution in [0.1, 0.15) is 21.5 Å². The van der Waals surface area contributed by atoms with Crippen LogP contribution in [0, 0.1) is 18.6 Å². The zero-order valence-corrected chi connectivity index (χ0v) is 11.0. The summed E-state index contributed by atoms with van der Waals surface area (Å²) in [6, 6.07) is 8.08. The second-order valence-electron chi connectivity index (χ2n) is 4.32. The molecule has 0 aliphatic heterocycles. The molecule has 0 heterocycles. The minimum absolute atomic E-state index is 0.0561. The zero-order chi connectivity index (χ0) is 14.0. The number of hydrogen-bond acceptors (Lipinski definition) is 1. The number of carbonyl (C=O) groups excluding carboxylic acids is 1. The number of rotatable bonds is 3. The van der Waals surface area contributed by atoms with Crippen molar-refractivity contribution in [3.05, 3.63) is 69.7 Å². The van der Waals surface area contributed by atoms with Crippen molar-refractivity contribution < 1.29 is 13.6 Å². The van der Waals surface area contributed by atoms with Gasteiger partial charge >= 0.3 is 0 Å². The lowest BCUT2D eigenvalue weighted by Gasteiger charge is -2.06. The molecule has 0 aliphatic rings. The first kappa shape index (κ1) is 13.7. The second kappa shape index (κ2) is 5.49. The SMILES string of the molecule is Cc1ccc(CC(=O)c2cc(F)ccc2F)c(Cl)c1. The summed E-state index contributed by atoms with van der Waals surface area (Å²) in [5, 5.41) is 0.449. The second-order valence-corrected chi connectivity index (χ2v) is 4.73. The lowest BCUT2D eigenvalue weighted by Crippen LogP contribution is -2.07. The maximum Gasteiger partial charge on any atom is 0.170 e. The van der Waals surface area contributed by atoms with E-state index in [0.717, 1.165) is 23.8 Å². The number of hydrogen-bond donors (Lipinski definition) is 0. The topological polar surface area (TPSA) is 17.1 Å². The minimum Gasteiger partial charge on any atom is -0.294 e. The van der Waals surface area contributed by atoms with Crippen molar-refractivity contribution in [2.24, 2.45) is 0 Å². The highest BCUT2D eigenvalue weighted by atomic mass is 35.5. The Morgan fingerprint density at radius 3 is 2.58 bits per heavy atom. The van der Waals surface area contributed by atoms with Gasteiger partial charge in [-0.2, -0.15) is 0 Å². The van der Waals surface area contributed by atoms with Crippen LogP contribution in [0.3, 0.4) is 0 Å². The average molecular weight is 281 g/mol. The Balaban J connectivity index is 2.28. The predicted octanol–water partition coefficient (Wildman–Crippen LogP) is 4.35. The molecule has 0 amide bonds. The van der Waals surface area contributed by atoms with E-state index in [1.54, 1.807) is 12.1 Å². The van der Waals surface area contributed by atoms with Gasteiger partial charge in [0.15, 0.2) is 5.78 Å². The molecule has 19 heavy (non-hydrogen) atoms. The van der Waals surface area contributed by atoms with Gasteiger partial charge in [-0.1, -0.05) is 23.7 Å². The summed E-state index contributed by atoms with van der Waals surface area (Å²) >= 11 is 6.01. The Morgan fingerprint density at radius 2 is 1.89 bits per heavy atom. The summed E-state index contributed by atoms with van der Waals surface area (Å²) in [6.07, 6.45) is -0.0561. The van der Waals surface area contributed by atoms with Crippen molar-refractivity contribution in [1.29, 1.82) is 0 Å². The molecule has 0 aliphatic carbocycles. The smallest absolute Gasteiger partial charge is 0.170 e. The molecule has 2 rings (SSSR count). The van der Waals surface area contributed by atoms with Crippen LogP contribution in [0.15, 0.2) is 36.4 Å². The maximum absolute atomic E-state index is 13.5. The molecule has 0 saturated heterocycles. The number of ketones is 1. The summed E-state index contributed by atoms with van der Waals surface area (Å²) in [6.45, 7) is 1.88. The molecule has 4 heteroatoms. The normalized spacial score (nSPS) is 10.5. The first-order valence-electron chi connectivity index (χ1n) is 5.70. The van der Waals surface area contributed by atoms with E-state index in [1.165, 1.54) is 0 Å². The fourth-order valence-corrected chi connectivity index (χ4v) is 2.08. The molecule has 0 spiro atoms. The van der Waals surface area contributed by atoms with Gasteiger partial charge < -0.3 is 0 Å². The van der Waals surface area contributed by atoms with Crippen molar-refractivity contribution >= 4 is 17.4 Å². The molecule has 1 nitrogen and oxygen atoms in total. The molecule has 0 fully saturated rings. The third-order valence-electron chi connectivity index (χ3n) is 2.79. The molecule has 0 aromatic heterocycles. The summed E-state index contributed by atoms with van der Waals surface area (Å²) in [4.78, 5) is 12.0. The molecule has 0 radical (unpaired) electrons. The van der Waals surface area contributed by atoms with Gasteiger partial charge in [-0.05, 0) is 42.3 Å². The molecule has 0 atom stereocenters. The number of carbonyl (C=O) groups is 1. The molecule has 0 N–H and O–H groups in total. The molecule has 0 unspecified atom stereocenters. The van der Waals surface area contributed by atoms with Gasteiger partial charge in [0.2, 0.25) is 0 Å². The molecule has 2 aromatic carbocycles. The van der Waals surface area contributed by atoms with E-state index in [4.69, 9.17) is 11.6 Å². The minimum atomic E-state index is -0.727. The fraction of sp³-hybridized carbons (Fsp3) is 0.133. The van der Waals surface area contributed by atoms with E-state index in [9.17, 15) is 13.6 Å². The van der Waals surface area contributed by atoms with Gasteiger partial charge in [-0.3, -0.25) is 4.79 Å². The lowest BCUT2D eigenvalue weighted by molar-refractivity contribution is 0.0988. The van der Waals surface area contributed by atoms with E-state index in [1.807, 2.05) is 13.0 Å². The van der Waals surface area contributed by atoms with Crippen LogP contribution in [0.2, 0.25) is 5.02 Å². The highest BCUT2D eigenvalue weighted by Crippen LogP contribution is 2.20. The number of halogens is 3. The standard InChI is InChI=1S/C15H11ClF2O/c1-9-2-3-10(13(16)6-9)7-15(19)12-8-11(17)4-5-14(12)18/h2-6,8H,7H2,1H3. The van der Waals surface area contributed by atoms with Gasteiger partial charge in [0, 0.05) is 11.4 Å². The van der Waals surface area contributed by atoms with Crippen molar-refractivity contribution in [2.75, 3.05) is 0 Å². The Labute approximate surface area is 114 Å². The first-order chi connectivity index (χ1) is 8.97. The summed E-state index contributed by atoms with van der Waals surface area (Å²) in [5.41, 5.74) is 1.32. The molecule has 0 saturated carbocycles. The number of aryl methyl sites for hydroxylation is 1. The fourth-order valence-electron chi connectivity index (χ4n) is 1.78. The summed E-state index contributed by atoms with van der Waals surface area (Å²) < 4.78 is 26.5. The average Bonchev–Trinajstić information content (AvgIpc) is 2.35. The Kier molecular flexibility index (Phi) is 3.96.